The van der Waals surface area contributed by atoms with Gasteiger partial charge in [-0.05, 0) is 25.1 Å². The molecule has 2 aromatic heterocycles. The average molecular weight is 326 g/mol. The number of nitrogens with zero attached hydrogens (tertiary/aromatic N) is 2. The van der Waals surface area contributed by atoms with Gasteiger partial charge in [0.05, 0.1) is 11.3 Å². The number of aromatic nitrogens is 3. The fourth-order valence-electron chi connectivity index (χ4n) is 2.52. The molecule has 2 N–H and O–H groups in total. The Labute approximate surface area is 136 Å². The molecule has 1 atom stereocenters. The minimum absolute atomic E-state index is 0.138. The molecule has 0 spiro atoms. The molecule has 3 rings (SSSR count). The van der Waals surface area contributed by atoms with Gasteiger partial charge in [-0.2, -0.15) is 0 Å². The van der Waals surface area contributed by atoms with E-state index in [0.717, 1.165) is 5.69 Å². The molecule has 24 heavy (non-hydrogen) atoms. The lowest BCUT2D eigenvalue weighted by atomic mass is 10.1. The van der Waals surface area contributed by atoms with E-state index in [-0.39, 0.29) is 11.6 Å². The molecule has 2 heterocycles. The zero-order valence-electron chi connectivity index (χ0n) is 12.9. The molecule has 0 saturated carbocycles. The number of carbonyl (C=O) groups is 1. The van der Waals surface area contributed by atoms with Crippen LogP contribution < -0.4 is 10.9 Å². The van der Waals surface area contributed by atoms with E-state index in [9.17, 15) is 14.0 Å². The largest absolute Gasteiger partial charge is 0.349 e. The van der Waals surface area contributed by atoms with Crippen molar-refractivity contribution in [2.24, 2.45) is 0 Å². The molecule has 1 amide bonds. The van der Waals surface area contributed by atoms with Gasteiger partial charge in [-0.15, -0.1) is 0 Å². The van der Waals surface area contributed by atoms with Crippen molar-refractivity contribution in [1.29, 1.82) is 0 Å². The molecular formula is C17H15FN4O2. The molecule has 7 heteroatoms. The third kappa shape index (κ3) is 3.45. The number of halogens is 1. The van der Waals surface area contributed by atoms with Gasteiger partial charge in [0, 0.05) is 48.0 Å². The number of H-pyrrole nitrogens is 1. The van der Waals surface area contributed by atoms with Crippen LogP contribution in [0.15, 0.2) is 47.7 Å². The summed E-state index contributed by atoms with van der Waals surface area (Å²) in [5.41, 5.74) is 0.878. The van der Waals surface area contributed by atoms with Crippen molar-refractivity contribution in [1.82, 2.24) is 20.3 Å². The molecule has 0 radical (unpaired) electrons. The van der Waals surface area contributed by atoms with Crippen LogP contribution in [0.4, 0.5) is 4.39 Å². The second kappa shape index (κ2) is 6.57. The number of pyridine rings is 1. The maximum atomic E-state index is 13.5. The predicted octanol–water partition coefficient (Wildman–Crippen LogP) is 1.82. The van der Waals surface area contributed by atoms with Crippen molar-refractivity contribution in [3.8, 4) is 0 Å². The smallest absolute Gasteiger partial charge is 0.252 e. The van der Waals surface area contributed by atoms with Crippen LogP contribution in [0.5, 0.6) is 0 Å². The van der Waals surface area contributed by atoms with Crippen molar-refractivity contribution in [2.45, 2.75) is 19.4 Å². The summed E-state index contributed by atoms with van der Waals surface area (Å²) in [6.45, 7) is 1.82. The fourth-order valence-corrected chi connectivity index (χ4v) is 2.52. The minimum Gasteiger partial charge on any atom is -0.349 e. The van der Waals surface area contributed by atoms with Gasteiger partial charge in [0.15, 0.2) is 0 Å². The van der Waals surface area contributed by atoms with E-state index in [2.05, 4.69) is 20.3 Å². The molecule has 0 fully saturated rings. The standard InChI is InChI=1S/C17H15FN4O2/c1-10(6-12-9-19-4-5-20-12)21-17(24)14-8-16(23)22-15-3-2-11(18)7-13(14)15/h2-5,7-10H,6H2,1H3,(H,21,24)(H,22,23). The Morgan fingerprint density at radius 1 is 1.33 bits per heavy atom. The summed E-state index contributed by atoms with van der Waals surface area (Å²) in [6.07, 6.45) is 5.27. The van der Waals surface area contributed by atoms with Gasteiger partial charge in [-0.1, -0.05) is 0 Å². The molecule has 0 aliphatic carbocycles. The normalized spacial score (nSPS) is 12.1. The number of hydrogen-bond acceptors (Lipinski definition) is 4. The molecule has 0 bridgehead atoms. The van der Waals surface area contributed by atoms with E-state index in [1.54, 1.807) is 18.6 Å². The van der Waals surface area contributed by atoms with E-state index in [4.69, 9.17) is 0 Å². The van der Waals surface area contributed by atoms with Crippen LogP contribution in [0.25, 0.3) is 10.9 Å². The second-order valence-corrected chi connectivity index (χ2v) is 5.51. The van der Waals surface area contributed by atoms with Crippen molar-refractivity contribution in [2.75, 3.05) is 0 Å². The van der Waals surface area contributed by atoms with Crippen molar-refractivity contribution in [3.63, 3.8) is 0 Å². The topological polar surface area (TPSA) is 87.7 Å². The van der Waals surface area contributed by atoms with Crippen LogP contribution in [-0.2, 0) is 6.42 Å². The summed E-state index contributed by atoms with van der Waals surface area (Å²) in [7, 11) is 0. The first kappa shape index (κ1) is 15.8. The Morgan fingerprint density at radius 2 is 2.17 bits per heavy atom. The van der Waals surface area contributed by atoms with Crippen LogP contribution in [0.1, 0.15) is 23.0 Å². The number of fused-ring (bicyclic) bond motifs is 1. The fraction of sp³-hybridized carbons (Fsp3) is 0.176. The van der Waals surface area contributed by atoms with Crippen LogP contribution in [0, 0.1) is 5.82 Å². The molecular weight excluding hydrogens is 311 g/mol. The molecule has 6 nitrogen and oxygen atoms in total. The Bertz CT molecular complexity index is 940. The van der Waals surface area contributed by atoms with Crippen LogP contribution in [-0.4, -0.2) is 26.9 Å². The number of benzene rings is 1. The van der Waals surface area contributed by atoms with Crippen LogP contribution in [0.2, 0.25) is 0 Å². The highest BCUT2D eigenvalue weighted by molar-refractivity contribution is 6.06. The summed E-state index contributed by atoms with van der Waals surface area (Å²) in [5.74, 6) is -0.913. The monoisotopic (exact) mass is 326 g/mol. The quantitative estimate of drug-likeness (QED) is 0.765. The first-order chi connectivity index (χ1) is 11.5. The number of rotatable bonds is 4. The second-order valence-electron chi connectivity index (χ2n) is 5.51. The third-order valence-electron chi connectivity index (χ3n) is 3.56. The number of hydrogen-bond donors (Lipinski definition) is 2. The number of carbonyl (C=O) groups excluding carboxylic acids is 1. The summed E-state index contributed by atoms with van der Waals surface area (Å²) in [4.78, 5) is 34.9. The molecule has 122 valence electrons. The Hall–Kier alpha value is -3.09. The number of nitrogens with one attached hydrogen (secondary N) is 2. The predicted molar refractivity (Wildman–Crippen MR) is 87.2 cm³/mol. The third-order valence-corrected chi connectivity index (χ3v) is 3.56. The maximum Gasteiger partial charge on any atom is 0.252 e. The lowest BCUT2D eigenvalue weighted by Gasteiger charge is -2.14. The highest BCUT2D eigenvalue weighted by atomic mass is 19.1. The minimum atomic E-state index is -0.476. The lowest BCUT2D eigenvalue weighted by Crippen LogP contribution is -2.35. The first-order valence-electron chi connectivity index (χ1n) is 7.41. The van der Waals surface area contributed by atoms with Gasteiger partial charge in [-0.25, -0.2) is 4.39 Å². The first-order valence-corrected chi connectivity index (χ1v) is 7.41. The molecule has 0 saturated heterocycles. The van der Waals surface area contributed by atoms with Gasteiger partial charge >= 0.3 is 0 Å². The van der Waals surface area contributed by atoms with Crippen molar-refractivity contribution in [3.05, 3.63) is 70.3 Å². The highest BCUT2D eigenvalue weighted by Crippen LogP contribution is 2.16. The van der Waals surface area contributed by atoms with Gasteiger partial charge in [0.2, 0.25) is 5.56 Å². The Morgan fingerprint density at radius 3 is 2.92 bits per heavy atom. The summed E-state index contributed by atoms with van der Waals surface area (Å²) in [5, 5.41) is 3.16. The van der Waals surface area contributed by atoms with E-state index >= 15 is 0 Å². The summed E-state index contributed by atoms with van der Waals surface area (Å²) >= 11 is 0. The van der Waals surface area contributed by atoms with Crippen LogP contribution in [0.3, 0.4) is 0 Å². The SMILES string of the molecule is CC(Cc1cnccn1)NC(=O)c1cc(=O)[nH]c2ccc(F)cc12. The molecule has 0 aliphatic rings. The van der Waals surface area contributed by atoms with Gasteiger partial charge in [-0.3, -0.25) is 19.6 Å². The molecule has 0 aliphatic heterocycles. The van der Waals surface area contributed by atoms with E-state index in [0.29, 0.717) is 17.3 Å². The van der Waals surface area contributed by atoms with E-state index in [1.807, 2.05) is 6.92 Å². The van der Waals surface area contributed by atoms with Gasteiger partial charge in [0.1, 0.15) is 5.82 Å². The molecule has 1 aromatic carbocycles. The number of amides is 1. The van der Waals surface area contributed by atoms with Crippen LogP contribution >= 0.6 is 0 Å². The zero-order valence-corrected chi connectivity index (χ0v) is 12.9. The Kier molecular flexibility index (Phi) is 4.33. The summed E-state index contributed by atoms with van der Waals surface area (Å²) in [6, 6.07) is 4.85. The lowest BCUT2D eigenvalue weighted by molar-refractivity contribution is 0.0941. The summed E-state index contributed by atoms with van der Waals surface area (Å²) < 4.78 is 13.5. The number of aromatic amines is 1. The van der Waals surface area contributed by atoms with Gasteiger partial charge in [0.25, 0.3) is 5.91 Å². The van der Waals surface area contributed by atoms with E-state index in [1.165, 1.54) is 24.3 Å². The highest BCUT2D eigenvalue weighted by Gasteiger charge is 2.15. The zero-order chi connectivity index (χ0) is 17.1. The Balaban J connectivity index is 1.86. The van der Waals surface area contributed by atoms with Crippen molar-refractivity contribution >= 4 is 16.8 Å². The van der Waals surface area contributed by atoms with E-state index < -0.39 is 17.3 Å². The maximum absolute atomic E-state index is 13.5. The molecule has 1 unspecified atom stereocenters. The average Bonchev–Trinajstić information content (AvgIpc) is 2.55. The van der Waals surface area contributed by atoms with Gasteiger partial charge < -0.3 is 10.3 Å². The molecule has 3 aromatic rings. The van der Waals surface area contributed by atoms with Crippen molar-refractivity contribution < 1.29 is 9.18 Å².